The van der Waals surface area contributed by atoms with Crippen LogP contribution < -0.4 is 10.4 Å². The lowest BCUT2D eigenvalue weighted by Gasteiger charge is -2.40. The van der Waals surface area contributed by atoms with Crippen LogP contribution in [0.1, 0.15) is 46.5 Å². The first-order valence-electron chi connectivity index (χ1n) is 12.3. The quantitative estimate of drug-likeness (QED) is 0.634. The molecule has 1 fully saturated rings. The van der Waals surface area contributed by atoms with Gasteiger partial charge in [0.1, 0.15) is 0 Å². The third-order valence-corrected chi connectivity index (χ3v) is 6.85. The van der Waals surface area contributed by atoms with Crippen LogP contribution >= 0.6 is 0 Å². The number of amides is 1. The van der Waals surface area contributed by atoms with Crippen LogP contribution in [0.5, 0.6) is 0 Å². The molecule has 0 bridgehead atoms. The highest BCUT2D eigenvalue weighted by molar-refractivity contribution is 5.89. The molecule has 0 radical (unpaired) electrons. The van der Waals surface area contributed by atoms with Crippen LogP contribution in [0.15, 0.2) is 49.1 Å². The van der Waals surface area contributed by atoms with Crippen LogP contribution in [0, 0.1) is 11.8 Å². The van der Waals surface area contributed by atoms with Crippen LogP contribution in [-0.2, 0) is 9.53 Å². The molecular formula is C27H35N5O2. The number of nitrogens with zero attached hydrogens (tertiary/aromatic N) is 5. The maximum atomic E-state index is 13.6. The fourth-order valence-corrected chi connectivity index (χ4v) is 4.79. The van der Waals surface area contributed by atoms with Crippen molar-refractivity contribution in [3.63, 3.8) is 0 Å². The summed E-state index contributed by atoms with van der Waals surface area (Å²) in [5.41, 5.74) is 0.837. The van der Waals surface area contributed by atoms with Crippen LogP contribution in [0.25, 0.3) is 17.8 Å². The summed E-state index contributed by atoms with van der Waals surface area (Å²) in [6.45, 7) is 7.69. The number of likely N-dealkylation sites (tertiary alicyclic amines) is 1. The summed E-state index contributed by atoms with van der Waals surface area (Å²) in [7, 11) is 0. The Bertz CT molecular complexity index is 1140. The number of hydrogen-bond acceptors (Lipinski definition) is 5. The van der Waals surface area contributed by atoms with Crippen molar-refractivity contribution in [1.82, 2.24) is 24.9 Å². The molecule has 1 saturated heterocycles. The predicted octanol–water partition coefficient (Wildman–Crippen LogP) is 2.79. The Labute approximate surface area is 201 Å². The van der Waals surface area contributed by atoms with Gasteiger partial charge in [-0.05, 0) is 68.2 Å². The Kier molecular flexibility index (Phi) is 8.06. The Hall–Kier alpha value is -3.06. The molecule has 0 aromatic carbocycles. The van der Waals surface area contributed by atoms with E-state index in [1.54, 1.807) is 17.2 Å². The summed E-state index contributed by atoms with van der Waals surface area (Å²) in [6, 6.07) is 2.24. The van der Waals surface area contributed by atoms with Crippen molar-refractivity contribution < 1.29 is 9.53 Å². The lowest BCUT2D eigenvalue weighted by atomic mass is 9.89. The zero-order valence-corrected chi connectivity index (χ0v) is 20.4. The SMILES string of the molecule is CC=c1ccncc1=CC(CC)OCC1CCC(C)N(C(=O)C2CC=CC=C2n2nccn2)C1. The smallest absolute Gasteiger partial charge is 0.232 e. The molecule has 34 heavy (non-hydrogen) atoms. The van der Waals surface area contributed by atoms with E-state index in [1.807, 2.05) is 43.6 Å². The van der Waals surface area contributed by atoms with E-state index in [-0.39, 0.29) is 24.0 Å². The number of hydrogen-bond donors (Lipinski definition) is 0. The van der Waals surface area contributed by atoms with E-state index in [1.165, 1.54) is 0 Å². The second-order valence-corrected chi connectivity index (χ2v) is 9.15. The molecule has 2 aliphatic rings. The van der Waals surface area contributed by atoms with Gasteiger partial charge in [0.25, 0.3) is 0 Å². The standard InChI is InChI=1S/C27H35N5O2/c1-4-22-12-13-28-17-23(22)16-24(5-2)34-19-21-11-10-20(3)31(18-21)27(33)25-8-6-7-9-26(25)32-29-14-15-30-32/h4,6-7,9,12-17,20-21,24-25H,5,8,10-11,18-19H2,1-3H3. The van der Waals surface area contributed by atoms with Gasteiger partial charge in [-0.1, -0.05) is 25.2 Å². The van der Waals surface area contributed by atoms with Gasteiger partial charge < -0.3 is 9.64 Å². The zero-order valence-electron chi connectivity index (χ0n) is 20.4. The molecule has 4 atom stereocenters. The molecule has 0 N–H and O–H groups in total. The van der Waals surface area contributed by atoms with E-state index in [0.29, 0.717) is 18.9 Å². The van der Waals surface area contributed by atoms with Crippen LogP contribution in [0.4, 0.5) is 0 Å². The van der Waals surface area contributed by atoms with Gasteiger partial charge in [-0.3, -0.25) is 9.78 Å². The van der Waals surface area contributed by atoms with Crippen LogP contribution in [-0.4, -0.2) is 56.1 Å². The van der Waals surface area contributed by atoms with Gasteiger partial charge in [0.05, 0.1) is 36.7 Å². The lowest BCUT2D eigenvalue weighted by molar-refractivity contribution is -0.139. The highest BCUT2D eigenvalue weighted by Gasteiger charge is 2.35. The normalized spacial score (nSPS) is 24.9. The van der Waals surface area contributed by atoms with E-state index >= 15 is 0 Å². The van der Waals surface area contributed by atoms with E-state index in [9.17, 15) is 4.79 Å². The van der Waals surface area contributed by atoms with Gasteiger partial charge >= 0.3 is 0 Å². The fraction of sp³-hybridized carbons (Fsp3) is 0.481. The molecule has 4 unspecified atom stereocenters. The molecule has 1 aliphatic carbocycles. The molecule has 2 aromatic rings. The highest BCUT2D eigenvalue weighted by atomic mass is 16.5. The summed E-state index contributed by atoms with van der Waals surface area (Å²) in [5, 5.41) is 10.8. The molecule has 3 heterocycles. The number of carbonyl (C=O) groups excluding carboxylic acids is 1. The first-order valence-corrected chi connectivity index (χ1v) is 12.3. The average Bonchev–Trinajstić information content (AvgIpc) is 3.42. The first kappa shape index (κ1) is 24.1. The van der Waals surface area contributed by atoms with Gasteiger partial charge in [-0.15, -0.1) is 0 Å². The van der Waals surface area contributed by atoms with E-state index in [0.717, 1.165) is 41.9 Å². The minimum absolute atomic E-state index is 0.0234. The predicted molar refractivity (Wildman–Crippen MR) is 134 cm³/mol. The van der Waals surface area contributed by atoms with Crippen molar-refractivity contribution >= 4 is 23.8 Å². The summed E-state index contributed by atoms with van der Waals surface area (Å²) < 4.78 is 6.34. The number of piperidine rings is 1. The minimum Gasteiger partial charge on any atom is -0.374 e. The van der Waals surface area contributed by atoms with E-state index in [2.05, 4.69) is 46.1 Å². The number of allylic oxidation sites excluding steroid dienone is 3. The largest absolute Gasteiger partial charge is 0.374 e. The Morgan fingerprint density at radius 1 is 1.24 bits per heavy atom. The lowest BCUT2D eigenvalue weighted by Crippen LogP contribution is -2.49. The molecule has 1 aliphatic heterocycles. The average molecular weight is 462 g/mol. The summed E-state index contributed by atoms with van der Waals surface area (Å²) in [4.78, 5) is 21.5. The maximum Gasteiger partial charge on any atom is 0.232 e. The van der Waals surface area contributed by atoms with Crippen molar-refractivity contribution in [3.8, 4) is 0 Å². The number of rotatable bonds is 7. The fourth-order valence-electron chi connectivity index (χ4n) is 4.79. The number of pyridine rings is 1. The number of aromatic nitrogens is 4. The topological polar surface area (TPSA) is 73.1 Å². The third-order valence-electron chi connectivity index (χ3n) is 6.85. The Balaban J connectivity index is 1.42. The second kappa shape index (κ2) is 11.4. The molecule has 7 heteroatoms. The third kappa shape index (κ3) is 5.53. The molecule has 2 aromatic heterocycles. The molecule has 0 saturated carbocycles. The van der Waals surface area contributed by atoms with Gasteiger partial charge in [0.2, 0.25) is 5.91 Å². The molecular weight excluding hydrogens is 426 g/mol. The van der Waals surface area contributed by atoms with Crippen molar-refractivity contribution in [2.24, 2.45) is 11.8 Å². The molecule has 0 spiro atoms. The zero-order chi connectivity index (χ0) is 23.9. The highest BCUT2D eigenvalue weighted by Crippen LogP contribution is 2.30. The molecule has 7 nitrogen and oxygen atoms in total. The molecule has 1 amide bonds. The Morgan fingerprint density at radius 3 is 2.82 bits per heavy atom. The van der Waals surface area contributed by atoms with Crippen LogP contribution in [0.2, 0.25) is 0 Å². The number of carbonyl (C=O) groups is 1. The monoisotopic (exact) mass is 461 g/mol. The Morgan fingerprint density at radius 2 is 2.06 bits per heavy atom. The van der Waals surface area contributed by atoms with Crippen molar-refractivity contribution in [3.05, 3.63) is 59.5 Å². The van der Waals surface area contributed by atoms with Crippen molar-refractivity contribution in [1.29, 1.82) is 0 Å². The van der Waals surface area contributed by atoms with Gasteiger partial charge in [-0.25, -0.2) is 0 Å². The second-order valence-electron chi connectivity index (χ2n) is 9.15. The first-order chi connectivity index (χ1) is 16.6. The summed E-state index contributed by atoms with van der Waals surface area (Å²) in [5.74, 6) is 0.218. The molecule has 4 rings (SSSR count). The van der Waals surface area contributed by atoms with E-state index in [4.69, 9.17) is 4.74 Å². The number of ether oxygens (including phenoxy) is 1. The van der Waals surface area contributed by atoms with E-state index < -0.39 is 0 Å². The van der Waals surface area contributed by atoms with Crippen LogP contribution in [0.3, 0.4) is 0 Å². The maximum absolute atomic E-state index is 13.6. The summed E-state index contributed by atoms with van der Waals surface area (Å²) in [6.07, 6.45) is 20.9. The van der Waals surface area contributed by atoms with Crippen molar-refractivity contribution in [2.45, 2.75) is 58.6 Å². The van der Waals surface area contributed by atoms with Gasteiger partial charge in [-0.2, -0.15) is 15.0 Å². The molecule has 180 valence electrons. The van der Waals surface area contributed by atoms with Gasteiger partial charge in [0, 0.05) is 30.9 Å². The summed E-state index contributed by atoms with van der Waals surface area (Å²) >= 11 is 0. The minimum atomic E-state index is -0.259. The van der Waals surface area contributed by atoms with Crippen molar-refractivity contribution in [2.75, 3.05) is 13.2 Å². The van der Waals surface area contributed by atoms with Gasteiger partial charge in [0.15, 0.2) is 0 Å².